The van der Waals surface area contributed by atoms with Gasteiger partial charge in [-0.3, -0.25) is 0 Å². The molecule has 0 aromatic heterocycles. The lowest BCUT2D eigenvalue weighted by Gasteiger charge is -2.39. The summed E-state index contributed by atoms with van der Waals surface area (Å²) in [6.45, 7) is 9.60. The third-order valence-corrected chi connectivity index (χ3v) is 5.72. The molecule has 0 amide bonds. The predicted molar refractivity (Wildman–Crippen MR) is 85.9 cm³/mol. The summed E-state index contributed by atoms with van der Waals surface area (Å²) in [5.41, 5.74) is 2.04. The van der Waals surface area contributed by atoms with Crippen molar-refractivity contribution in [2.75, 3.05) is 13.1 Å². The van der Waals surface area contributed by atoms with Gasteiger partial charge in [-0.15, -0.1) is 0 Å². The molecule has 1 fully saturated rings. The van der Waals surface area contributed by atoms with E-state index in [2.05, 4.69) is 23.9 Å². The normalized spacial score (nSPS) is 22.2. The monoisotopic (exact) mass is 310 g/mol. The van der Waals surface area contributed by atoms with Gasteiger partial charge in [0.05, 0.1) is 4.90 Å². The van der Waals surface area contributed by atoms with E-state index >= 15 is 0 Å². The van der Waals surface area contributed by atoms with Crippen LogP contribution in [0.3, 0.4) is 0 Å². The molecule has 1 unspecified atom stereocenters. The maximum Gasteiger partial charge on any atom is 0.240 e. The summed E-state index contributed by atoms with van der Waals surface area (Å²) >= 11 is 0. The van der Waals surface area contributed by atoms with Gasteiger partial charge < -0.3 is 5.32 Å². The molecule has 0 aliphatic carbocycles. The number of nitrogens with one attached hydrogen (secondary N) is 2. The Balaban J connectivity index is 2.11. The van der Waals surface area contributed by atoms with E-state index in [-0.39, 0.29) is 11.5 Å². The van der Waals surface area contributed by atoms with Crippen molar-refractivity contribution < 1.29 is 8.42 Å². The molecule has 1 aliphatic heterocycles. The van der Waals surface area contributed by atoms with E-state index in [0.29, 0.717) is 11.4 Å². The van der Waals surface area contributed by atoms with E-state index in [1.54, 1.807) is 12.1 Å². The quantitative estimate of drug-likeness (QED) is 0.897. The first-order valence-corrected chi connectivity index (χ1v) is 9.00. The molecular formula is C16H26N2O2S. The highest BCUT2D eigenvalue weighted by Crippen LogP contribution is 2.29. The van der Waals surface area contributed by atoms with Crippen LogP contribution in [0.5, 0.6) is 0 Å². The number of rotatable bonds is 4. The first-order chi connectivity index (χ1) is 9.71. The standard InChI is InChI=1S/C16H26N2O2S/c1-12-8-13(2)10-14(9-12)21(19,20)18-11-15-16(3,4)6-5-7-17-15/h8-10,15,17-18H,5-7,11H2,1-4H3. The highest BCUT2D eigenvalue weighted by atomic mass is 32.2. The highest BCUT2D eigenvalue weighted by Gasteiger charge is 2.32. The first kappa shape index (κ1) is 16.5. The lowest BCUT2D eigenvalue weighted by Crippen LogP contribution is -2.52. The van der Waals surface area contributed by atoms with Gasteiger partial charge in [0.2, 0.25) is 10.0 Å². The van der Waals surface area contributed by atoms with E-state index in [4.69, 9.17) is 0 Å². The Hall–Kier alpha value is -0.910. The molecule has 0 radical (unpaired) electrons. The molecular weight excluding hydrogens is 284 g/mol. The van der Waals surface area contributed by atoms with Crippen molar-refractivity contribution in [1.82, 2.24) is 10.0 Å². The van der Waals surface area contributed by atoms with Crippen molar-refractivity contribution in [3.8, 4) is 0 Å². The first-order valence-electron chi connectivity index (χ1n) is 7.52. The van der Waals surface area contributed by atoms with Crippen molar-refractivity contribution in [1.29, 1.82) is 0 Å². The highest BCUT2D eigenvalue weighted by molar-refractivity contribution is 7.89. The lowest BCUT2D eigenvalue weighted by atomic mass is 9.78. The lowest BCUT2D eigenvalue weighted by molar-refractivity contribution is 0.181. The van der Waals surface area contributed by atoms with Gasteiger partial charge in [-0.1, -0.05) is 19.9 Å². The Kier molecular flexibility index (Phi) is 4.76. The molecule has 0 bridgehead atoms. The van der Waals surface area contributed by atoms with Crippen LogP contribution < -0.4 is 10.0 Å². The Bertz CT molecular complexity index is 588. The predicted octanol–water partition coefficient (Wildman–Crippen LogP) is 2.36. The van der Waals surface area contributed by atoms with Gasteiger partial charge in [-0.05, 0) is 61.9 Å². The van der Waals surface area contributed by atoms with Crippen molar-refractivity contribution in [2.45, 2.75) is 51.5 Å². The van der Waals surface area contributed by atoms with Gasteiger partial charge in [0.1, 0.15) is 0 Å². The second-order valence-corrected chi connectivity index (χ2v) is 8.54. The van der Waals surface area contributed by atoms with Gasteiger partial charge >= 0.3 is 0 Å². The molecule has 118 valence electrons. The molecule has 4 nitrogen and oxygen atoms in total. The van der Waals surface area contributed by atoms with Crippen LogP contribution in [0.4, 0.5) is 0 Å². The van der Waals surface area contributed by atoms with Crippen molar-refractivity contribution in [3.63, 3.8) is 0 Å². The van der Waals surface area contributed by atoms with Crippen LogP contribution in [0.1, 0.15) is 37.8 Å². The Morgan fingerprint density at radius 3 is 2.43 bits per heavy atom. The zero-order chi connectivity index (χ0) is 15.7. The second kappa shape index (κ2) is 6.07. The molecule has 1 aromatic carbocycles. The van der Waals surface area contributed by atoms with Crippen LogP contribution in [0.25, 0.3) is 0 Å². The number of hydrogen-bond acceptors (Lipinski definition) is 3. The maximum absolute atomic E-state index is 12.5. The number of hydrogen-bond donors (Lipinski definition) is 2. The van der Waals surface area contributed by atoms with Crippen molar-refractivity contribution in [3.05, 3.63) is 29.3 Å². The zero-order valence-electron chi connectivity index (χ0n) is 13.4. The average molecular weight is 310 g/mol. The fourth-order valence-corrected chi connectivity index (χ4v) is 4.22. The third kappa shape index (κ3) is 4.05. The molecule has 5 heteroatoms. The van der Waals surface area contributed by atoms with Crippen LogP contribution in [0.2, 0.25) is 0 Å². The molecule has 1 aliphatic rings. The molecule has 1 heterocycles. The second-order valence-electron chi connectivity index (χ2n) is 6.77. The summed E-state index contributed by atoms with van der Waals surface area (Å²) < 4.78 is 27.7. The number of benzene rings is 1. The van der Waals surface area contributed by atoms with Crippen LogP contribution in [0.15, 0.2) is 23.1 Å². The summed E-state index contributed by atoms with van der Waals surface area (Å²) in [5, 5.41) is 3.43. The van der Waals surface area contributed by atoms with Gasteiger partial charge in [0.25, 0.3) is 0 Å². The molecule has 0 saturated carbocycles. The molecule has 1 aromatic rings. The zero-order valence-corrected chi connectivity index (χ0v) is 14.2. The topological polar surface area (TPSA) is 58.2 Å². The Labute approximate surface area is 128 Å². The average Bonchev–Trinajstić information content (AvgIpc) is 2.36. The number of piperidine rings is 1. The number of aryl methyl sites for hydroxylation is 2. The minimum atomic E-state index is -3.44. The summed E-state index contributed by atoms with van der Waals surface area (Å²) in [6, 6.07) is 5.58. The van der Waals surface area contributed by atoms with Crippen molar-refractivity contribution >= 4 is 10.0 Å². The Morgan fingerprint density at radius 1 is 1.24 bits per heavy atom. The third-order valence-electron chi connectivity index (χ3n) is 4.31. The van der Waals surface area contributed by atoms with E-state index in [1.165, 1.54) is 0 Å². The molecule has 0 spiro atoms. The number of sulfonamides is 1. The van der Waals surface area contributed by atoms with Gasteiger partial charge in [0.15, 0.2) is 0 Å². The van der Waals surface area contributed by atoms with Crippen LogP contribution in [-0.2, 0) is 10.0 Å². The molecule has 1 atom stereocenters. The summed E-state index contributed by atoms with van der Waals surface area (Å²) in [4.78, 5) is 0.355. The molecule has 21 heavy (non-hydrogen) atoms. The Morgan fingerprint density at radius 2 is 1.86 bits per heavy atom. The summed E-state index contributed by atoms with van der Waals surface area (Å²) in [6.07, 6.45) is 2.27. The van der Waals surface area contributed by atoms with Gasteiger partial charge in [-0.25, -0.2) is 13.1 Å². The van der Waals surface area contributed by atoms with Gasteiger partial charge in [-0.2, -0.15) is 0 Å². The fraction of sp³-hybridized carbons (Fsp3) is 0.625. The fourth-order valence-electron chi connectivity index (χ4n) is 2.98. The van der Waals surface area contributed by atoms with E-state index < -0.39 is 10.0 Å². The smallest absolute Gasteiger partial charge is 0.240 e. The van der Waals surface area contributed by atoms with E-state index in [1.807, 2.05) is 19.9 Å². The largest absolute Gasteiger partial charge is 0.312 e. The SMILES string of the molecule is Cc1cc(C)cc(S(=O)(=O)NCC2NCCCC2(C)C)c1. The van der Waals surface area contributed by atoms with Crippen molar-refractivity contribution in [2.24, 2.45) is 5.41 Å². The van der Waals surface area contributed by atoms with E-state index in [9.17, 15) is 8.42 Å². The van der Waals surface area contributed by atoms with Crippen LogP contribution >= 0.6 is 0 Å². The minimum Gasteiger partial charge on any atom is -0.312 e. The van der Waals surface area contributed by atoms with E-state index in [0.717, 1.165) is 30.5 Å². The van der Waals surface area contributed by atoms with Crippen LogP contribution in [0, 0.1) is 19.3 Å². The van der Waals surface area contributed by atoms with Crippen LogP contribution in [-0.4, -0.2) is 27.5 Å². The minimum absolute atomic E-state index is 0.114. The summed E-state index contributed by atoms with van der Waals surface area (Å²) in [5.74, 6) is 0. The maximum atomic E-state index is 12.5. The summed E-state index contributed by atoms with van der Waals surface area (Å²) in [7, 11) is -3.44. The molecule has 2 N–H and O–H groups in total. The van der Waals surface area contributed by atoms with Gasteiger partial charge in [0, 0.05) is 12.6 Å². The molecule has 1 saturated heterocycles. The molecule has 2 rings (SSSR count).